The molecule has 1 saturated carbocycles. The van der Waals surface area contributed by atoms with E-state index in [1.54, 1.807) is 12.3 Å². The Morgan fingerprint density at radius 3 is 2.93 bits per heavy atom. The molecule has 2 atom stereocenters. The molecule has 4 heteroatoms. The van der Waals surface area contributed by atoms with Gasteiger partial charge >= 0.3 is 5.97 Å². The zero-order chi connectivity index (χ0) is 10.9. The Morgan fingerprint density at radius 2 is 2.47 bits per heavy atom. The molecule has 4 nitrogen and oxygen atoms in total. The molecule has 0 spiro atoms. The Kier molecular flexibility index (Phi) is 2.42. The predicted molar refractivity (Wildman–Crippen MR) is 54.4 cm³/mol. The van der Waals surface area contributed by atoms with Crippen LogP contribution in [0.5, 0.6) is 0 Å². The Balaban J connectivity index is 2.49. The molecule has 1 aliphatic rings. The fraction of sp³-hybridized carbons (Fsp3) is 0.545. The lowest BCUT2D eigenvalue weighted by atomic mass is 9.76. The summed E-state index contributed by atoms with van der Waals surface area (Å²) < 4.78 is 0. The number of aromatic nitrogens is 2. The summed E-state index contributed by atoms with van der Waals surface area (Å²) in [5.74, 6) is -0.615. The van der Waals surface area contributed by atoms with E-state index in [2.05, 4.69) is 9.97 Å². The maximum absolute atomic E-state index is 11.5. The van der Waals surface area contributed by atoms with Gasteiger partial charge in [0.2, 0.25) is 0 Å². The van der Waals surface area contributed by atoms with Gasteiger partial charge in [-0.25, -0.2) is 9.97 Å². The van der Waals surface area contributed by atoms with E-state index in [0.717, 1.165) is 12.8 Å². The largest absolute Gasteiger partial charge is 0.481 e. The number of rotatable bonds is 2. The summed E-state index contributed by atoms with van der Waals surface area (Å²) in [7, 11) is 0. The van der Waals surface area contributed by atoms with Gasteiger partial charge in [-0.1, -0.05) is 13.3 Å². The van der Waals surface area contributed by atoms with Crippen molar-refractivity contribution in [1.82, 2.24) is 9.97 Å². The van der Waals surface area contributed by atoms with E-state index in [1.807, 2.05) is 6.92 Å². The van der Waals surface area contributed by atoms with Gasteiger partial charge in [0, 0.05) is 6.20 Å². The van der Waals surface area contributed by atoms with Crippen LogP contribution in [0.15, 0.2) is 18.6 Å². The van der Waals surface area contributed by atoms with Crippen LogP contribution in [0.2, 0.25) is 0 Å². The molecule has 1 aliphatic carbocycles. The molecule has 0 bridgehead atoms. The second-order valence-corrected chi connectivity index (χ2v) is 4.16. The summed E-state index contributed by atoms with van der Waals surface area (Å²) in [5, 5.41) is 9.43. The van der Waals surface area contributed by atoms with Crippen LogP contribution in [-0.4, -0.2) is 21.0 Å². The van der Waals surface area contributed by atoms with Gasteiger partial charge in [-0.2, -0.15) is 0 Å². The van der Waals surface area contributed by atoms with Gasteiger partial charge < -0.3 is 5.11 Å². The van der Waals surface area contributed by atoms with Crippen molar-refractivity contribution >= 4 is 5.97 Å². The Bertz CT molecular complexity index is 366. The standard InChI is InChI=1S/C11H14N2O2/c1-8-3-2-5-11(8,10(14)15)9-4-6-12-7-13-9/h4,6-8H,2-3,5H2,1H3,(H,14,15). The van der Waals surface area contributed by atoms with Gasteiger partial charge in [-0.3, -0.25) is 4.79 Å². The minimum Gasteiger partial charge on any atom is -0.481 e. The van der Waals surface area contributed by atoms with E-state index in [1.165, 1.54) is 6.33 Å². The van der Waals surface area contributed by atoms with Crippen LogP contribution in [-0.2, 0) is 10.2 Å². The maximum atomic E-state index is 11.5. The number of nitrogens with zero attached hydrogens (tertiary/aromatic N) is 2. The minimum absolute atomic E-state index is 0.143. The molecule has 0 amide bonds. The molecule has 80 valence electrons. The molecular formula is C11H14N2O2. The molecule has 2 rings (SSSR count). The predicted octanol–water partition coefficient (Wildman–Crippen LogP) is 1.62. The SMILES string of the molecule is CC1CCCC1(C(=O)O)c1ccncn1. The molecule has 2 unspecified atom stereocenters. The van der Waals surface area contributed by atoms with Crippen molar-refractivity contribution in [3.63, 3.8) is 0 Å². The van der Waals surface area contributed by atoms with Crippen molar-refractivity contribution in [3.05, 3.63) is 24.3 Å². The third kappa shape index (κ3) is 1.40. The number of carboxylic acids is 1. The van der Waals surface area contributed by atoms with Crippen molar-refractivity contribution in [3.8, 4) is 0 Å². The summed E-state index contributed by atoms with van der Waals surface area (Å²) in [6.45, 7) is 1.99. The molecule has 1 N–H and O–H groups in total. The van der Waals surface area contributed by atoms with Gasteiger partial charge in [0.1, 0.15) is 11.7 Å². The van der Waals surface area contributed by atoms with Gasteiger partial charge in [0.05, 0.1) is 5.69 Å². The lowest BCUT2D eigenvalue weighted by molar-refractivity contribution is -0.145. The number of hydrogen-bond donors (Lipinski definition) is 1. The first-order valence-electron chi connectivity index (χ1n) is 5.18. The van der Waals surface area contributed by atoms with Crippen molar-refractivity contribution in [2.45, 2.75) is 31.6 Å². The first-order chi connectivity index (χ1) is 7.18. The van der Waals surface area contributed by atoms with Crippen LogP contribution in [0.1, 0.15) is 31.9 Å². The topological polar surface area (TPSA) is 63.1 Å². The highest BCUT2D eigenvalue weighted by Crippen LogP contribution is 2.44. The third-order valence-electron chi connectivity index (χ3n) is 3.47. The second kappa shape index (κ2) is 3.61. The van der Waals surface area contributed by atoms with Crippen LogP contribution < -0.4 is 0 Å². The highest BCUT2D eigenvalue weighted by atomic mass is 16.4. The van der Waals surface area contributed by atoms with Gasteiger partial charge in [0.25, 0.3) is 0 Å². The average Bonchev–Trinajstić information content (AvgIpc) is 2.62. The van der Waals surface area contributed by atoms with Gasteiger partial charge in [-0.15, -0.1) is 0 Å². The first kappa shape index (κ1) is 10.1. The van der Waals surface area contributed by atoms with E-state index in [0.29, 0.717) is 12.1 Å². The van der Waals surface area contributed by atoms with Crippen LogP contribution in [0.25, 0.3) is 0 Å². The fourth-order valence-corrected chi connectivity index (χ4v) is 2.54. The first-order valence-corrected chi connectivity index (χ1v) is 5.18. The summed E-state index contributed by atoms with van der Waals surface area (Å²) in [6.07, 6.45) is 5.62. The Labute approximate surface area is 88.4 Å². The highest BCUT2D eigenvalue weighted by molar-refractivity contribution is 5.81. The minimum atomic E-state index is -0.789. The molecule has 15 heavy (non-hydrogen) atoms. The lowest BCUT2D eigenvalue weighted by Gasteiger charge is -2.28. The summed E-state index contributed by atoms with van der Waals surface area (Å²) in [4.78, 5) is 19.4. The monoisotopic (exact) mass is 206 g/mol. The fourth-order valence-electron chi connectivity index (χ4n) is 2.54. The van der Waals surface area contributed by atoms with Crippen LogP contribution >= 0.6 is 0 Å². The number of hydrogen-bond acceptors (Lipinski definition) is 3. The molecule has 0 saturated heterocycles. The normalized spacial score (nSPS) is 30.3. The molecule has 0 aliphatic heterocycles. The second-order valence-electron chi connectivity index (χ2n) is 4.16. The smallest absolute Gasteiger partial charge is 0.316 e. The van der Waals surface area contributed by atoms with Crippen molar-refractivity contribution in [1.29, 1.82) is 0 Å². The van der Waals surface area contributed by atoms with Gasteiger partial charge in [-0.05, 0) is 24.8 Å². The van der Waals surface area contributed by atoms with E-state index in [4.69, 9.17) is 0 Å². The lowest BCUT2D eigenvalue weighted by Crippen LogP contribution is -2.39. The third-order valence-corrected chi connectivity index (χ3v) is 3.47. The molecule has 0 aromatic carbocycles. The highest BCUT2D eigenvalue weighted by Gasteiger charge is 2.49. The Hall–Kier alpha value is -1.45. The number of carbonyl (C=O) groups is 1. The summed E-state index contributed by atoms with van der Waals surface area (Å²) in [5.41, 5.74) is -0.141. The van der Waals surface area contributed by atoms with Crippen molar-refractivity contribution in [2.75, 3.05) is 0 Å². The van der Waals surface area contributed by atoms with Crippen LogP contribution in [0, 0.1) is 5.92 Å². The Morgan fingerprint density at radius 1 is 1.67 bits per heavy atom. The maximum Gasteiger partial charge on any atom is 0.316 e. The van der Waals surface area contributed by atoms with Gasteiger partial charge in [0.15, 0.2) is 0 Å². The number of carboxylic acid groups (broad SMARTS) is 1. The van der Waals surface area contributed by atoms with Crippen molar-refractivity contribution in [2.24, 2.45) is 5.92 Å². The van der Waals surface area contributed by atoms with E-state index >= 15 is 0 Å². The zero-order valence-corrected chi connectivity index (χ0v) is 8.68. The molecule has 1 heterocycles. The van der Waals surface area contributed by atoms with Crippen molar-refractivity contribution < 1.29 is 9.90 Å². The van der Waals surface area contributed by atoms with E-state index in [9.17, 15) is 9.90 Å². The molecule has 1 aromatic heterocycles. The average molecular weight is 206 g/mol. The van der Waals surface area contributed by atoms with E-state index in [-0.39, 0.29) is 5.92 Å². The molecule has 1 aromatic rings. The number of aliphatic carboxylic acids is 1. The molecule has 0 radical (unpaired) electrons. The molecule has 1 fully saturated rings. The summed E-state index contributed by atoms with van der Waals surface area (Å²) >= 11 is 0. The van der Waals surface area contributed by atoms with E-state index < -0.39 is 11.4 Å². The van der Waals surface area contributed by atoms with Crippen LogP contribution in [0.3, 0.4) is 0 Å². The summed E-state index contributed by atoms with van der Waals surface area (Å²) in [6, 6.07) is 1.72. The van der Waals surface area contributed by atoms with Crippen LogP contribution in [0.4, 0.5) is 0 Å². The zero-order valence-electron chi connectivity index (χ0n) is 8.68. The molecular weight excluding hydrogens is 192 g/mol. The quantitative estimate of drug-likeness (QED) is 0.798.